The molecule has 0 spiro atoms. The first-order valence-electron chi connectivity index (χ1n) is 10.8. The van der Waals surface area contributed by atoms with Gasteiger partial charge in [0.15, 0.2) is 0 Å². The predicted octanol–water partition coefficient (Wildman–Crippen LogP) is 3.82. The first kappa shape index (κ1) is 21.2. The molecular formula is C25H31N3OS. The zero-order valence-corrected chi connectivity index (χ0v) is 18.8. The van der Waals surface area contributed by atoms with Gasteiger partial charge in [-0.25, -0.2) is 0 Å². The zero-order valence-electron chi connectivity index (χ0n) is 18.0. The minimum absolute atomic E-state index is 0.218. The summed E-state index contributed by atoms with van der Waals surface area (Å²) in [6.45, 7) is 5.31. The monoisotopic (exact) mass is 421 g/mol. The summed E-state index contributed by atoms with van der Waals surface area (Å²) in [5, 5.41) is 0. The fourth-order valence-corrected chi connectivity index (χ4v) is 5.16. The summed E-state index contributed by atoms with van der Waals surface area (Å²) in [6, 6.07) is 17.4. The predicted molar refractivity (Wildman–Crippen MR) is 126 cm³/mol. The molecule has 2 aliphatic heterocycles. The maximum atomic E-state index is 12.7. The van der Waals surface area contributed by atoms with Gasteiger partial charge in [0.2, 0.25) is 5.91 Å². The lowest BCUT2D eigenvalue weighted by Gasteiger charge is -2.32. The second kappa shape index (κ2) is 9.82. The van der Waals surface area contributed by atoms with Crippen molar-refractivity contribution >= 4 is 23.2 Å². The number of carbonyl (C=O) groups is 1. The highest BCUT2D eigenvalue weighted by Gasteiger charge is 2.20. The van der Waals surface area contributed by atoms with E-state index in [2.05, 4.69) is 71.5 Å². The molecule has 1 fully saturated rings. The lowest BCUT2D eigenvalue weighted by molar-refractivity contribution is -0.131. The minimum atomic E-state index is 0.218. The first-order valence-corrected chi connectivity index (χ1v) is 11.8. The van der Waals surface area contributed by atoms with Gasteiger partial charge in [-0.05, 0) is 41.8 Å². The number of piperazine rings is 1. The molecule has 2 aromatic rings. The number of thioether (sulfide) groups is 1. The van der Waals surface area contributed by atoms with Crippen LogP contribution in [0.25, 0.3) is 5.57 Å². The summed E-state index contributed by atoms with van der Waals surface area (Å²) in [5.41, 5.74) is 5.30. The number of benzene rings is 2. The number of hydrogen-bond acceptors (Lipinski definition) is 4. The summed E-state index contributed by atoms with van der Waals surface area (Å²) >= 11 is 1.91. The highest BCUT2D eigenvalue weighted by molar-refractivity contribution is 7.98. The summed E-state index contributed by atoms with van der Waals surface area (Å²) in [4.78, 5) is 20.5. The normalized spacial score (nSPS) is 18.5. The number of amides is 1. The van der Waals surface area contributed by atoms with Crippen molar-refractivity contribution in [2.45, 2.75) is 17.1 Å². The Hall–Kier alpha value is -2.08. The molecule has 0 radical (unpaired) electrons. The Bertz CT molecular complexity index is 869. The van der Waals surface area contributed by atoms with Crippen LogP contribution in [-0.2, 0) is 10.5 Å². The number of hydrogen-bond donors (Lipinski definition) is 0. The summed E-state index contributed by atoms with van der Waals surface area (Å²) in [6.07, 6.45) is 3.18. The summed E-state index contributed by atoms with van der Waals surface area (Å²) in [5.74, 6) is 1.21. The molecule has 0 N–H and O–H groups in total. The van der Waals surface area contributed by atoms with E-state index >= 15 is 0 Å². The Kier molecular flexibility index (Phi) is 6.93. The van der Waals surface area contributed by atoms with Crippen LogP contribution in [0.2, 0.25) is 0 Å². The highest BCUT2D eigenvalue weighted by Crippen LogP contribution is 2.40. The van der Waals surface area contributed by atoms with Crippen LogP contribution in [0.15, 0.2) is 59.5 Å². The van der Waals surface area contributed by atoms with E-state index in [9.17, 15) is 4.79 Å². The summed E-state index contributed by atoms with van der Waals surface area (Å²) < 4.78 is 0. The molecule has 158 valence electrons. The maximum Gasteiger partial charge on any atom is 0.236 e. The second-order valence-electron chi connectivity index (χ2n) is 8.24. The van der Waals surface area contributed by atoms with E-state index < -0.39 is 0 Å². The molecule has 2 aromatic carbocycles. The van der Waals surface area contributed by atoms with Gasteiger partial charge in [0.05, 0.1) is 6.54 Å². The van der Waals surface area contributed by atoms with Crippen LogP contribution in [-0.4, -0.2) is 74.0 Å². The van der Waals surface area contributed by atoms with Crippen molar-refractivity contribution in [3.63, 3.8) is 0 Å². The third-order valence-electron chi connectivity index (χ3n) is 6.06. The van der Waals surface area contributed by atoms with Crippen LogP contribution in [0.1, 0.15) is 23.1 Å². The minimum Gasteiger partial charge on any atom is -0.344 e. The maximum absolute atomic E-state index is 12.7. The van der Waals surface area contributed by atoms with Gasteiger partial charge < -0.3 is 9.80 Å². The molecule has 4 rings (SSSR count). The van der Waals surface area contributed by atoms with E-state index in [4.69, 9.17) is 0 Å². The van der Waals surface area contributed by atoms with E-state index in [1.807, 2.05) is 23.7 Å². The number of likely N-dealkylation sites (N-methyl/N-ethyl adjacent to an activating group) is 2. The quantitative estimate of drug-likeness (QED) is 0.733. The van der Waals surface area contributed by atoms with Gasteiger partial charge in [-0.3, -0.25) is 9.69 Å². The Morgan fingerprint density at radius 1 is 1.03 bits per heavy atom. The van der Waals surface area contributed by atoms with Crippen LogP contribution in [0.5, 0.6) is 0 Å². The molecule has 1 saturated heterocycles. The third-order valence-corrected chi connectivity index (χ3v) is 7.18. The molecule has 1 amide bonds. The molecule has 0 unspecified atom stereocenters. The van der Waals surface area contributed by atoms with Crippen LogP contribution in [0.3, 0.4) is 0 Å². The Morgan fingerprint density at radius 2 is 1.73 bits per heavy atom. The van der Waals surface area contributed by atoms with Crippen molar-refractivity contribution in [2.75, 3.05) is 53.4 Å². The van der Waals surface area contributed by atoms with Crippen molar-refractivity contribution < 1.29 is 4.79 Å². The lowest BCUT2D eigenvalue weighted by atomic mass is 9.93. The van der Waals surface area contributed by atoms with E-state index in [0.29, 0.717) is 6.54 Å². The average molecular weight is 422 g/mol. The highest BCUT2D eigenvalue weighted by atomic mass is 32.2. The Balaban J connectivity index is 1.44. The molecule has 5 heteroatoms. The van der Waals surface area contributed by atoms with Gasteiger partial charge >= 0.3 is 0 Å². The topological polar surface area (TPSA) is 26.8 Å². The van der Waals surface area contributed by atoms with Crippen molar-refractivity contribution in [1.29, 1.82) is 0 Å². The Morgan fingerprint density at radius 3 is 2.53 bits per heavy atom. The molecular weight excluding hydrogens is 390 g/mol. The second-order valence-corrected chi connectivity index (χ2v) is 9.26. The van der Waals surface area contributed by atoms with Crippen molar-refractivity contribution in [2.24, 2.45) is 0 Å². The van der Waals surface area contributed by atoms with Crippen LogP contribution >= 0.6 is 11.8 Å². The molecule has 0 saturated carbocycles. The van der Waals surface area contributed by atoms with E-state index in [-0.39, 0.29) is 5.91 Å². The largest absolute Gasteiger partial charge is 0.344 e. The smallest absolute Gasteiger partial charge is 0.236 e. The molecule has 2 aliphatic rings. The van der Waals surface area contributed by atoms with Crippen LogP contribution in [0, 0.1) is 0 Å². The van der Waals surface area contributed by atoms with E-state index in [1.165, 1.54) is 27.2 Å². The van der Waals surface area contributed by atoms with E-state index in [0.717, 1.165) is 44.9 Å². The molecule has 0 aliphatic carbocycles. The van der Waals surface area contributed by atoms with Gasteiger partial charge in [0.1, 0.15) is 0 Å². The third kappa shape index (κ3) is 4.97. The molecule has 30 heavy (non-hydrogen) atoms. The number of fused-ring (bicyclic) bond motifs is 2. The molecule has 0 aromatic heterocycles. The van der Waals surface area contributed by atoms with Gasteiger partial charge in [-0.2, -0.15) is 0 Å². The van der Waals surface area contributed by atoms with E-state index in [1.54, 1.807) is 0 Å². The van der Waals surface area contributed by atoms with Crippen molar-refractivity contribution in [3.05, 3.63) is 71.3 Å². The van der Waals surface area contributed by atoms with Crippen LogP contribution in [0.4, 0.5) is 0 Å². The van der Waals surface area contributed by atoms with Gasteiger partial charge in [0.25, 0.3) is 0 Å². The average Bonchev–Trinajstić information content (AvgIpc) is 2.92. The molecule has 2 heterocycles. The molecule has 0 bridgehead atoms. The van der Waals surface area contributed by atoms with Gasteiger partial charge in [0, 0.05) is 50.4 Å². The van der Waals surface area contributed by atoms with Gasteiger partial charge in [-0.15, -0.1) is 11.8 Å². The van der Waals surface area contributed by atoms with Crippen LogP contribution < -0.4 is 0 Å². The number of rotatable bonds is 5. The van der Waals surface area contributed by atoms with Crippen molar-refractivity contribution in [3.8, 4) is 0 Å². The SMILES string of the molecule is CN1CCN(CC(=O)N(C)CCC=C2c3ccccc3CSc3ccccc32)CC1. The molecule has 0 atom stereocenters. The van der Waals surface area contributed by atoms with Gasteiger partial charge in [-0.1, -0.05) is 48.5 Å². The number of carbonyl (C=O) groups excluding carboxylic acids is 1. The fraction of sp³-hybridized carbons (Fsp3) is 0.400. The van der Waals surface area contributed by atoms with Crippen molar-refractivity contribution in [1.82, 2.24) is 14.7 Å². The Labute approximate surface area is 184 Å². The standard InChI is InChI=1S/C25H31N3OS/c1-26-14-16-28(17-15-26)18-25(29)27(2)13-7-11-22-21-9-4-3-8-20(21)19-30-24-12-6-5-10-23(22)24/h3-6,8-12H,7,13-19H2,1-2H3. The molecule has 4 nitrogen and oxygen atoms in total. The zero-order chi connectivity index (χ0) is 20.9. The number of nitrogens with zero attached hydrogens (tertiary/aromatic N) is 3. The fourth-order valence-electron chi connectivity index (χ4n) is 4.09. The lowest BCUT2D eigenvalue weighted by Crippen LogP contribution is -2.48. The first-order chi connectivity index (χ1) is 14.6. The summed E-state index contributed by atoms with van der Waals surface area (Å²) in [7, 11) is 4.07.